The molecule has 3 aromatic carbocycles. The van der Waals surface area contributed by atoms with Gasteiger partial charge in [0.15, 0.2) is 16.6 Å². The Morgan fingerprint density at radius 2 is 1.62 bits per heavy atom. The number of thiocarbonyl (C=S) groups is 1. The number of anilines is 2. The van der Waals surface area contributed by atoms with E-state index in [1.807, 2.05) is 55.1 Å². The van der Waals surface area contributed by atoms with Crippen LogP contribution in [-0.4, -0.2) is 55.1 Å². The Kier molecular flexibility index (Phi) is 9.84. The van der Waals surface area contributed by atoms with Crippen LogP contribution in [0.1, 0.15) is 29.8 Å². The van der Waals surface area contributed by atoms with Crippen molar-refractivity contribution < 1.29 is 19.1 Å². The van der Waals surface area contributed by atoms with E-state index in [0.29, 0.717) is 41.8 Å². The summed E-state index contributed by atoms with van der Waals surface area (Å²) in [5, 5.41) is 6.60. The van der Waals surface area contributed by atoms with E-state index in [-0.39, 0.29) is 22.8 Å². The van der Waals surface area contributed by atoms with Crippen LogP contribution >= 0.6 is 23.8 Å². The van der Waals surface area contributed by atoms with Gasteiger partial charge in [0.2, 0.25) is 5.91 Å². The zero-order valence-electron chi connectivity index (χ0n) is 22.8. The number of amides is 2. The van der Waals surface area contributed by atoms with Gasteiger partial charge in [-0.1, -0.05) is 37.6 Å². The number of hydrogen-bond donors (Lipinski definition) is 2. The number of rotatable bonds is 8. The number of nitrogens with one attached hydrogen (secondary N) is 2. The Morgan fingerprint density at radius 1 is 0.950 bits per heavy atom. The minimum absolute atomic E-state index is 0.0161. The summed E-state index contributed by atoms with van der Waals surface area (Å²) in [5.74, 6) is 0.799. The monoisotopic (exact) mass is 580 g/mol. The first-order chi connectivity index (χ1) is 19.2. The molecule has 0 saturated carbocycles. The zero-order chi connectivity index (χ0) is 28.6. The van der Waals surface area contributed by atoms with Crippen LogP contribution in [0.5, 0.6) is 11.5 Å². The highest BCUT2D eigenvalue weighted by molar-refractivity contribution is 7.80. The molecule has 1 saturated heterocycles. The molecule has 40 heavy (non-hydrogen) atoms. The van der Waals surface area contributed by atoms with Gasteiger partial charge in [-0.05, 0) is 72.4 Å². The van der Waals surface area contributed by atoms with Crippen LogP contribution in [0.4, 0.5) is 11.4 Å². The van der Waals surface area contributed by atoms with E-state index in [1.54, 1.807) is 30.3 Å². The van der Waals surface area contributed by atoms with Gasteiger partial charge < -0.3 is 24.6 Å². The minimum Gasteiger partial charge on any atom is -0.493 e. The van der Waals surface area contributed by atoms with Gasteiger partial charge in [0.1, 0.15) is 6.61 Å². The summed E-state index contributed by atoms with van der Waals surface area (Å²) >= 11 is 11.3. The average molecular weight is 581 g/mol. The molecule has 3 aromatic rings. The molecule has 1 aliphatic heterocycles. The molecular weight excluding hydrogens is 548 g/mol. The topological polar surface area (TPSA) is 83.1 Å². The van der Waals surface area contributed by atoms with Crippen LogP contribution in [0.15, 0.2) is 66.7 Å². The van der Waals surface area contributed by atoms with Gasteiger partial charge in [-0.25, -0.2) is 0 Å². The molecule has 2 amide bonds. The highest BCUT2D eigenvalue weighted by Crippen LogP contribution is 2.29. The van der Waals surface area contributed by atoms with Gasteiger partial charge in [0.05, 0.1) is 7.11 Å². The molecule has 0 bridgehead atoms. The molecule has 0 unspecified atom stereocenters. The van der Waals surface area contributed by atoms with Crippen molar-refractivity contribution in [2.45, 2.75) is 20.5 Å². The Labute approximate surface area is 245 Å². The molecule has 0 radical (unpaired) electrons. The first-order valence-corrected chi connectivity index (χ1v) is 13.8. The molecular formula is C30H33ClN4O4S. The zero-order valence-corrected chi connectivity index (χ0v) is 24.3. The lowest BCUT2D eigenvalue weighted by molar-refractivity contribution is -0.134. The molecule has 0 spiro atoms. The third-order valence-corrected chi connectivity index (χ3v) is 6.99. The smallest absolute Gasteiger partial charge is 0.257 e. The van der Waals surface area contributed by atoms with E-state index in [9.17, 15) is 9.59 Å². The molecule has 4 rings (SSSR count). The fourth-order valence-electron chi connectivity index (χ4n) is 4.31. The number of hydrogen-bond acceptors (Lipinski definition) is 6. The fourth-order valence-corrected chi connectivity index (χ4v) is 4.65. The van der Waals surface area contributed by atoms with E-state index in [1.165, 1.54) is 7.11 Å². The first-order valence-electron chi connectivity index (χ1n) is 13.0. The van der Waals surface area contributed by atoms with E-state index >= 15 is 0 Å². The van der Waals surface area contributed by atoms with Crippen LogP contribution in [0, 0.1) is 5.92 Å². The van der Waals surface area contributed by atoms with Crippen molar-refractivity contribution in [3.05, 3.63) is 82.9 Å². The quantitative estimate of drug-likeness (QED) is 0.347. The standard InChI is InChI=1S/C30H33ClN4O4S/c1-20(2)29(37)35-16-14-34(15-17-35)25-11-9-24(10-12-25)32-30(40)33-28(36)22-6-13-26(27(18-22)38-3)39-19-21-4-7-23(31)8-5-21/h4-13,18,20H,14-17,19H2,1-3H3,(H2,32,33,36,40). The van der Waals surface area contributed by atoms with Crippen molar-refractivity contribution >= 4 is 52.1 Å². The van der Waals surface area contributed by atoms with E-state index in [4.69, 9.17) is 33.3 Å². The van der Waals surface area contributed by atoms with Gasteiger partial charge in [0, 0.05) is 54.1 Å². The van der Waals surface area contributed by atoms with E-state index < -0.39 is 0 Å². The first kappa shape index (κ1) is 29.2. The second-order valence-electron chi connectivity index (χ2n) is 9.70. The van der Waals surface area contributed by atoms with E-state index in [2.05, 4.69) is 15.5 Å². The van der Waals surface area contributed by atoms with E-state index in [0.717, 1.165) is 30.0 Å². The number of carbonyl (C=O) groups is 2. The average Bonchev–Trinajstić information content (AvgIpc) is 2.96. The number of methoxy groups -OCH3 is 1. The number of halogens is 1. The van der Waals surface area contributed by atoms with Gasteiger partial charge in [-0.15, -0.1) is 0 Å². The molecule has 1 fully saturated rings. The number of nitrogens with zero attached hydrogens (tertiary/aromatic N) is 2. The highest BCUT2D eigenvalue weighted by Gasteiger charge is 2.23. The summed E-state index contributed by atoms with van der Waals surface area (Å²) in [5.41, 5.74) is 3.16. The summed E-state index contributed by atoms with van der Waals surface area (Å²) in [4.78, 5) is 29.2. The third-order valence-electron chi connectivity index (χ3n) is 6.54. The SMILES string of the molecule is COc1cc(C(=O)NC(=S)Nc2ccc(N3CCN(C(=O)C(C)C)CC3)cc2)ccc1OCc1ccc(Cl)cc1. The van der Waals surface area contributed by atoms with Crippen molar-refractivity contribution in [3.8, 4) is 11.5 Å². The summed E-state index contributed by atoms with van der Waals surface area (Å²) in [7, 11) is 1.52. The lowest BCUT2D eigenvalue weighted by Crippen LogP contribution is -2.49. The Morgan fingerprint density at radius 3 is 2.25 bits per heavy atom. The summed E-state index contributed by atoms with van der Waals surface area (Å²) in [6.45, 7) is 7.20. The molecule has 0 atom stereocenters. The summed E-state index contributed by atoms with van der Waals surface area (Å²) < 4.78 is 11.3. The van der Waals surface area contributed by atoms with Crippen LogP contribution in [0.3, 0.4) is 0 Å². The van der Waals surface area contributed by atoms with Crippen molar-refractivity contribution in [2.75, 3.05) is 43.5 Å². The molecule has 10 heteroatoms. The molecule has 210 valence electrons. The van der Waals surface area contributed by atoms with Crippen LogP contribution in [-0.2, 0) is 11.4 Å². The summed E-state index contributed by atoms with van der Waals surface area (Å²) in [6, 6.07) is 20.2. The van der Waals surface area contributed by atoms with Gasteiger partial charge >= 0.3 is 0 Å². The second-order valence-corrected chi connectivity index (χ2v) is 10.5. The minimum atomic E-state index is -0.370. The van der Waals surface area contributed by atoms with Crippen LogP contribution in [0.2, 0.25) is 5.02 Å². The van der Waals surface area contributed by atoms with Crippen LogP contribution in [0.25, 0.3) is 0 Å². The van der Waals surface area contributed by atoms with Gasteiger partial charge in [-0.2, -0.15) is 0 Å². The Hall–Kier alpha value is -3.82. The molecule has 8 nitrogen and oxygen atoms in total. The van der Waals surface area contributed by atoms with Crippen molar-refractivity contribution in [1.29, 1.82) is 0 Å². The van der Waals surface area contributed by atoms with Crippen molar-refractivity contribution in [2.24, 2.45) is 5.92 Å². The Balaban J connectivity index is 1.28. The fraction of sp³-hybridized carbons (Fsp3) is 0.300. The molecule has 2 N–H and O–H groups in total. The molecule has 1 aliphatic rings. The maximum atomic E-state index is 12.8. The predicted octanol–water partition coefficient (Wildman–Crippen LogP) is 5.36. The lowest BCUT2D eigenvalue weighted by atomic mass is 10.1. The number of piperazine rings is 1. The summed E-state index contributed by atoms with van der Waals surface area (Å²) in [6.07, 6.45) is 0. The number of carbonyl (C=O) groups excluding carboxylic acids is 2. The maximum absolute atomic E-state index is 12.8. The third kappa shape index (κ3) is 7.64. The van der Waals surface area contributed by atoms with Crippen molar-refractivity contribution in [1.82, 2.24) is 10.2 Å². The maximum Gasteiger partial charge on any atom is 0.257 e. The number of benzene rings is 3. The molecule has 0 aliphatic carbocycles. The normalized spacial score (nSPS) is 13.1. The van der Waals surface area contributed by atoms with Crippen molar-refractivity contribution in [3.63, 3.8) is 0 Å². The number of ether oxygens (including phenoxy) is 2. The lowest BCUT2D eigenvalue weighted by Gasteiger charge is -2.37. The Bertz CT molecular complexity index is 1340. The van der Waals surface area contributed by atoms with Gasteiger partial charge in [-0.3, -0.25) is 14.9 Å². The second kappa shape index (κ2) is 13.5. The molecule has 0 aromatic heterocycles. The van der Waals surface area contributed by atoms with Crippen LogP contribution < -0.4 is 25.0 Å². The highest BCUT2D eigenvalue weighted by atomic mass is 35.5. The molecule has 1 heterocycles. The predicted molar refractivity (Wildman–Crippen MR) is 163 cm³/mol. The largest absolute Gasteiger partial charge is 0.493 e. The van der Waals surface area contributed by atoms with Gasteiger partial charge in [0.25, 0.3) is 5.91 Å².